The molecule has 2 aromatic rings. The minimum Gasteiger partial charge on any atom is -0.467 e. The number of carbonyl (C=O) groups is 3. The van der Waals surface area contributed by atoms with Crippen LogP contribution in [0.4, 0.5) is 0 Å². The standard InChI is InChI=1S/C21H23NO7S/c1-3-30(26,27)18-12-8-7-11-16(18)20(24)29-14-19(23)22-17(21(25)28-2)13-15-9-5-4-6-10-15/h4-12,17H,3,13-14H2,1-2H3,(H,22,23). The molecule has 1 amide bonds. The number of rotatable bonds is 9. The highest BCUT2D eigenvalue weighted by Gasteiger charge is 2.24. The van der Waals surface area contributed by atoms with Crippen LogP contribution in [0.25, 0.3) is 0 Å². The van der Waals surface area contributed by atoms with Gasteiger partial charge in [-0.05, 0) is 17.7 Å². The average molecular weight is 433 g/mol. The predicted octanol–water partition coefficient (Wildman–Crippen LogP) is 1.54. The molecule has 0 aliphatic heterocycles. The Bertz CT molecular complexity index is 1000. The average Bonchev–Trinajstić information content (AvgIpc) is 2.77. The van der Waals surface area contributed by atoms with Gasteiger partial charge in [0.1, 0.15) is 6.04 Å². The van der Waals surface area contributed by atoms with E-state index in [9.17, 15) is 22.8 Å². The number of amides is 1. The molecule has 0 aliphatic rings. The first kappa shape index (κ1) is 23.1. The minimum absolute atomic E-state index is 0.152. The van der Waals surface area contributed by atoms with Crippen molar-refractivity contribution in [3.63, 3.8) is 0 Å². The summed E-state index contributed by atoms with van der Waals surface area (Å²) in [4.78, 5) is 36.4. The Morgan fingerprint density at radius 1 is 1.00 bits per heavy atom. The summed E-state index contributed by atoms with van der Waals surface area (Å²) in [7, 11) is -2.44. The Balaban J connectivity index is 2.04. The van der Waals surface area contributed by atoms with Crippen LogP contribution in [0.15, 0.2) is 59.5 Å². The summed E-state index contributed by atoms with van der Waals surface area (Å²) in [6.07, 6.45) is 0.199. The van der Waals surface area contributed by atoms with Gasteiger partial charge in [0.15, 0.2) is 16.4 Å². The molecule has 0 bridgehead atoms. The molecule has 1 unspecified atom stereocenters. The van der Waals surface area contributed by atoms with E-state index in [1.807, 2.05) is 6.07 Å². The largest absolute Gasteiger partial charge is 0.467 e. The van der Waals surface area contributed by atoms with Gasteiger partial charge >= 0.3 is 11.9 Å². The maximum Gasteiger partial charge on any atom is 0.339 e. The van der Waals surface area contributed by atoms with Crippen molar-refractivity contribution in [3.05, 3.63) is 65.7 Å². The fourth-order valence-electron chi connectivity index (χ4n) is 2.69. The van der Waals surface area contributed by atoms with E-state index in [1.54, 1.807) is 24.3 Å². The molecule has 1 N–H and O–H groups in total. The number of benzene rings is 2. The van der Waals surface area contributed by atoms with E-state index in [1.165, 1.54) is 38.3 Å². The summed E-state index contributed by atoms with van der Waals surface area (Å²) in [5.74, 6) is -2.49. The maximum absolute atomic E-state index is 12.3. The van der Waals surface area contributed by atoms with E-state index in [0.717, 1.165) is 5.56 Å². The molecule has 0 aromatic heterocycles. The van der Waals surface area contributed by atoms with E-state index < -0.39 is 40.3 Å². The van der Waals surface area contributed by atoms with Crippen molar-refractivity contribution in [3.8, 4) is 0 Å². The van der Waals surface area contributed by atoms with E-state index in [-0.39, 0.29) is 22.6 Å². The zero-order valence-electron chi connectivity index (χ0n) is 16.7. The molecule has 0 fully saturated rings. The molecule has 160 valence electrons. The van der Waals surface area contributed by atoms with Gasteiger partial charge in [0.2, 0.25) is 0 Å². The van der Waals surface area contributed by atoms with Gasteiger partial charge < -0.3 is 14.8 Å². The van der Waals surface area contributed by atoms with Crippen LogP contribution in [0.2, 0.25) is 0 Å². The van der Waals surface area contributed by atoms with Crippen molar-refractivity contribution in [2.24, 2.45) is 0 Å². The van der Waals surface area contributed by atoms with Crippen LogP contribution < -0.4 is 5.32 Å². The molecule has 1 atom stereocenters. The third-order valence-electron chi connectivity index (χ3n) is 4.26. The molecule has 0 spiro atoms. The Kier molecular flexibility index (Phi) is 8.11. The lowest BCUT2D eigenvalue weighted by atomic mass is 10.1. The summed E-state index contributed by atoms with van der Waals surface area (Å²) in [6.45, 7) is 0.784. The van der Waals surface area contributed by atoms with Crippen molar-refractivity contribution in [2.75, 3.05) is 19.5 Å². The number of hydrogen-bond donors (Lipinski definition) is 1. The normalized spacial score (nSPS) is 11.9. The van der Waals surface area contributed by atoms with Crippen molar-refractivity contribution in [1.82, 2.24) is 5.32 Å². The topological polar surface area (TPSA) is 116 Å². The van der Waals surface area contributed by atoms with Crippen LogP contribution >= 0.6 is 0 Å². The second-order valence-corrected chi connectivity index (χ2v) is 8.56. The third-order valence-corrected chi connectivity index (χ3v) is 6.05. The van der Waals surface area contributed by atoms with E-state index in [2.05, 4.69) is 5.32 Å². The van der Waals surface area contributed by atoms with Crippen LogP contribution in [0.3, 0.4) is 0 Å². The third kappa shape index (κ3) is 6.15. The van der Waals surface area contributed by atoms with Gasteiger partial charge in [-0.3, -0.25) is 4.79 Å². The molecule has 0 aliphatic carbocycles. The minimum atomic E-state index is -3.64. The van der Waals surface area contributed by atoms with E-state index in [0.29, 0.717) is 0 Å². The fourth-order valence-corrected chi connectivity index (χ4v) is 3.78. The Morgan fingerprint density at radius 2 is 1.63 bits per heavy atom. The Hall–Kier alpha value is -3.20. The molecule has 8 nitrogen and oxygen atoms in total. The molecule has 2 rings (SSSR count). The first-order chi connectivity index (χ1) is 14.3. The molecule has 2 aromatic carbocycles. The Labute approximate surface area is 175 Å². The smallest absolute Gasteiger partial charge is 0.339 e. The summed E-state index contributed by atoms with van der Waals surface area (Å²) in [5.41, 5.74) is 0.657. The van der Waals surface area contributed by atoms with Crippen LogP contribution in [-0.2, 0) is 35.3 Å². The molecular formula is C21H23NO7S. The van der Waals surface area contributed by atoms with Crippen LogP contribution in [0.1, 0.15) is 22.8 Å². The van der Waals surface area contributed by atoms with Gasteiger partial charge in [0.25, 0.3) is 5.91 Å². The lowest BCUT2D eigenvalue weighted by molar-refractivity contribution is -0.145. The van der Waals surface area contributed by atoms with Crippen molar-refractivity contribution in [1.29, 1.82) is 0 Å². The quantitative estimate of drug-likeness (QED) is 0.596. The van der Waals surface area contributed by atoms with Crippen molar-refractivity contribution in [2.45, 2.75) is 24.3 Å². The van der Waals surface area contributed by atoms with Gasteiger partial charge in [-0.25, -0.2) is 18.0 Å². The number of esters is 2. The van der Waals surface area contributed by atoms with Gasteiger partial charge in [-0.2, -0.15) is 0 Å². The Morgan fingerprint density at radius 3 is 2.27 bits per heavy atom. The van der Waals surface area contributed by atoms with Gasteiger partial charge in [-0.1, -0.05) is 49.4 Å². The first-order valence-electron chi connectivity index (χ1n) is 9.18. The lowest BCUT2D eigenvalue weighted by Crippen LogP contribution is -2.44. The zero-order chi connectivity index (χ0) is 22.1. The fraction of sp³-hybridized carbons (Fsp3) is 0.286. The molecular weight excluding hydrogens is 410 g/mol. The monoisotopic (exact) mass is 433 g/mol. The first-order valence-corrected chi connectivity index (χ1v) is 10.8. The second kappa shape index (κ2) is 10.5. The zero-order valence-corrected chi connectivity index (χ0v) is 17.5. The molecule has 0 saturated carbocycles. The van der Waals surface area contributed by atoms with Crippen LogP contribution in [0.5, 0.6) is 0 Å². The summed E-state index contributed by atoms with van der Waals surface area (Å²) in [6, 6.07) is 13.7. The van der Waals surface area contributed by atoms with Crippen LogP contribution in [0, 0.1) is 0 Å². The highest BCUT2D eigenvalue weighted by molar-refractivity contribution is 7.91. The highest BCUT2D eigenvalue weighted by atomic mass is 32.2. The second-order valence-electron chi connectivity index (χ2n) is 6.31. The van der Waals surface area contributed by atoms with E-state index in [4.69, 9.17) is 9.47 Å². The molecule has 9 heteroatoms. The molecule has 0 saturated heterocycles. The number of carbonyl (C=O) groups excluding carboxylic acids is 3. The summed E-state index contributed by atoms with van der Waals surface area (Å²) >= 11 is 0. The molecule has 0 heterocycles. The van der Waals surface area contributed by atoms with Gasteiger partial charge in [0, 0.05) is 6.42 Å². The van der Waals surface area contributed by atoms with E-state index >= 15 is 0 Å². The van der Waals surface area contributed by atoms with Crippen molar-refractivity contribution >= 4 is 27.7 Å². The molecule has 30 heavy (non-hydrogen) atoms. The predicted molar refractivity (Wildman–Crippen MR) is 109 cm³/mol. The number of ether oxygens (including phenoxy) is 2. The van der Waals surface area contributed by atoms with Gasteiger partial charge in [-0.15, -0.1) is 0 Å². The SMILES string of the molecule is CCS(=O)(=O)c1ccccc1C(=O)OCC(=O)NC(Cc1ccccc1)C(=O)OC. The van der Waals surface area contributed by atoms with Gasteiger partial charge in [0.05, 0.1) is 23.3 Å². The maximum atomic E-state index is 12.3. The summed E-state index contributed by atoms with van der Waals surface area (Å²) in [5, 5.41) is 2.47. The van der Waals surface area contributed by atoms with Crippen molar-refractivity contribution < 1.29 is 32.3 Å². The lowest BCUT2D eigenvalue weighted by Gasteiger charge is -2.17. The summed E-state index contributed by atoms with van der Waals surface area (Å²) < 4.78 is 34.0. The number of sulfone groups is 1. The number of nitrogens with one attached hydrogen (secondary N) is 1. The molecule has 0 radical (unpaired) electrons. The number of methoxy groups -OCH3 is 1. The number of hydrogen-bond acceptors (Lipinski definition) is 7. The van der Waals surface area contributed by atoms with Crippen LogP contribution in [-0.4, -0.2) is 51.8 Å². The highest BCUT2D eigenvalue weighted by Crippen LogP contribution is 2.18.